The minimum atomic E-state index is -1.08. The Morgan fingerprint density at radius 3 is 2.65 bits per heavy atom. The number of pyridine rings is 1. The van der Waals surface area contributed by atoms with Crippen LogP contribution in [0, 0.1) is 0 Å². The molecule has 3 rings (SSSR count). The quantitative estimate of drug-likeness (QED) is 0.767. The Hall–Kier alpha value is -3.22. The molecule has 0 radical (unpaired) electrons. The van der Waals surface area contributed by atoms with Crippen molar-refractivity contribution in [1.82, 2.24) is 19.9 Å². The number of carboxylic acids is 1. The molecule has 3 aromatic rings. The molecule has 0 bridgehead atoms. The van der Waals surface area contributed by atoms with E-state index in [9.17, 15) is 9.59 Å². The van der Waals surface area contributed by atoms with E-state index in [1.54, 1.807) is 7.05 Å². The minimum Gasteiger partial charge on any atom is -0.478 e. The van der Waals surface area contributed by atoms with Crippen LogP contribution in [0.5, 0.6) is 0 Å². The Kier molecular flexibility index (Phi) is 3.76. The standard InChI is InChI=1S/C16H14N4O3/c1-20(9-14-18-11-4-2-3-5-12(11)19-14)15(21)13-7-6-10(8-17-13)16(22)23/h2-8H,9H2,1H3,(H,18,19)(H,22,23). The van der Waals surface area contributed by atoms with E-state index in [1.807, 2.05) is 24.3 Å². The van der Waals surface area contributed by atoms with Gasteiger partial charge in [-0.05, 0) is 24.3 Å². The normalized spacial score (nSPS) is 10.7. The SMILES string of the molecule is CN(Cc1nc2ccccc2[nH]1)C(=O)c1ccc(C(=O)O)cn1. The van der Waals surface area contributed by atoms with E-state index < -0.39 is 5.97 Å². The van der Waals surface area contributed by atoms with Crippen molar-refractivity contribution in [2.24, 2.45) is 0 Å². The number of nitrogens with zero attached hydrogens (tertiary/aromatic N) is 3. The molecule has 0 spiro atoms. The first-order chi connectivity index (χ1) is 11.0. The fourth-order valence-electron chi connectivity index (χ4n) is 2.22. The number of amides is 1. The number of para-hydroxylation sites is 2. The Balaban J connectivity index is 1.75. The van der Waals surface area contributed by atoms with Crippen molar-refractivity contribution in [2.75, 3.05) is 7.05 Å². The molecule has 1 amide bonds. The van der Waals surface area contributed by atoms with Gasteiger partial charge in [-0.1, -0.05) is 12.1 Å². The molecule has 2 aromatic heterocycles. The highest BCUT2D eigenvalue weighted by Crippen LogP contribution is 2.12. The number of benzene rings is 1. The van der Waals surface area contributed by atoms with Crippen molar-refractivity contribution in [3.8, 4) is 0 Å². The molecular formula is C16H14N4O3. The summed E-state index contributed by atoms with van der Waals surface area (Å²) in [4.78, 5) is 36.1. The number of H-pyrrole nitrogens is 1. The third-order valence-corrected chi connectivity index (χ3v) is 3.40. The Labute approximate surface area is 131 Å². The van der Waals surface area contributed by atoms with Crippen LogP contribution in [-0.4, -0.2) is 43.9 Å². The number of hydrogen-bond acceptors (Lipinski definition) is 4. The van der Waals surface area contributed by atoms with Crippen LogP contribution >= 0.6 is 0 Å². The molecule has 116 valence electrons. The first-order valence-electron chi connectivity index (χ1n) is 6.93. The van der Waals surface area contributed by atoms with Gasteiger partial charge in [0.15, 0.2) is 0 Å². The van der Waals surface area contributed by atoms with Crippen LogP contribution in [0.3, 0.4) is 0 Å². The molecule has 1 aromatic carbocycles. The maximum Gasteiger partial charge on any atom is 0.337 e. The predicted octanol–water partition coefficient (Wildman–Crippen LogP) is 1.93. The molecule has 0 aliphatic carbocycles. The zero-order valence-electron chi connectivity index (χ0n) is 12.4. The highest BCUT2D eigenvalue weighted by atomic mass is 16.4. The van der Waals surface area contributed by atoms with E-state index in [-0.39, 0.29) is 17.2 Å². The van der Waals surface area contributed by atoms with Crippen LogP contribution < -0.4 is 0 Å². The van der Waals surface area contributed by atoms with Gasteiger partial charge in [0.25, 0.3) is 5.91 Å². The fraction of sp³-hybridized carbons (Fsp3) is 0.125. The van der Waals surface area contributed by atoms with Crippen molar-refractivity contribution in [2.45, 2.75) is 6.54 Å². The molecule has 23 heavy (non-hydrogen) atoms. The van der Waals surface area contributed by atoms with Crippen molar-refractivity contribution in [3.05, 3.63) is 59.7 Å². The summed E-state index contributed by atoms with van der Waals surface area (Å²) < 4.78 is 0. The highest BCUT2D eigenvalue weighted by molar-refractivity contribution is 5.93. The first-order valence-corrected chi connectivity index (χ1v) is 6.93. The lowest BCUT2D eigenvalue weighted by Gasteiger charge is -2.15. The summed E-state index contributed by atoms with van der Waals surface area (Å²) in [6.07, 6.45) is 1.17. The maximum absolute atomic E-state index is 12.3. The number of aromatic carboxylic acids is 1. The van der Waals surface area contributed by atoms with Gasteiger partial charge >= 0.3 is 5.97 Å². The molecule has 0 saturated heterocycles. The number of imidazole rings is 1. The van der Waals surface area contributed by atoms with Crippen LogP contribution in [0.15, 0.2) is 42.6 Å². The van der Waals surface area contributed by atoms with Crippen molar-refractivity contribution < 1.29 is 14.7 Å². The molecule has 0 fully saturated rings. The lowest BCUT2D eigenvalue weighted by molar-refractivity contribution is 0.0694. The lowest BCUT2D eigenvalue weighted by Crippen LogP contribution is -2.27. The predicted molar refractivity (Wildman–Crippen MR) is 83.1 cm³/mol. The number of carboxylic acid groups (broad SMARTS) is 1. The molecular weight excluding hydrogens is 296 g/mol. The van der Waals surface area contributed by atoms with Crippen molar-refractivity contribution in [3.63, 3.8) is 0 Å². The molecule has 2 N–H and O–H groups in total. The van der Waals surface area contributed by atoms with Crippen LogP contribution in [0.4, 0.5) is 0 Å². The van der Waals surface area contributed by atoms with Gasteiger partial charge < -0.3 is 15.0 Å². The van der Waals surface area contributed by atoms with E-state index in [1.165, 1.54) is 23.2 Å². The third-order valence-electron chi connectivity index (χ3n) is 3.40. The number of rotatable bonds is 4. The van der Waals surface area contributed by atoms with Gasteiger partial charge in [-0.3, -0.25) is 9.78 Å². The molecule has 0 unspecified atom stereocenters. The van der Waals surface area contributed by atoms with E-state index in [4.69, 9.17) is 5.11 Å². The van der Waals surface area contributed by atoms with Gasteiger partial charge in [-0.25, -0.2) is 9.78 Å². The van der Waals surface area contributed by atoms with E-state index in [2.05, 4.69) is 15.0 Å². The average Bonchev–Trinajstić information content (AvgIpc) is 2.96. The molecule has 0 atom stereocenters. The topological polar surface area (TPSA) is 99.2 Å². The summed E-state index contributed by atoms with van der Waals surface area (Å²) in [5, 5.41) is 8.84. The van der Waals surface area contributed by atoms with E-state index in [0.717, 1.165) is 11.0 Å². The fourth-order valence-corrected chi connectivity index (χ4v) is 2.22. The number of aromatic nitrogens is 3. The Morgan fingerprint density at radius 2 is 2.00 bits per heavy atom. The number of aromatic amines is 1. The molecule has 0 aliphatic rings. The number of carbonyl (C=O) groups excluding carboxylic acids is 1. The number of nitrogens with one attached hydrogen (secondary N) is 1. The monoisotopic (exact) mass is 310 g/mol. The minimum absolute atomic E-state index is 0.0430. The summed E-state index contributed by atoms with van der Waals surface area (Å²) in [5.74, 6) is -0.710. The second-order valence-electron chi connectivity index (χ2n) is 5.10. The Bertz CT molecular complexity index is 837. The van der Waals surface area contributed by atoms with Gasteiger partial charge in [-0.15, -0.1) is 0 Å². The van der Waals surface area contributed by atoms with Crippen molar-refractivity contribution in [1.29, 1.82) is 0 Å². The lowest BCUT2D eigenvalue weighted by atomic mass is 10.2. The van der Waals surface area contributed by atoms with Gasteiger partial charge in [0, 0.05) is 13.2 Å². The number of hydrogen-bond donors (Lipinski definition) is 2. The second-order valence-corrected chi connectivity index (χ2v) is 5.10. The molecule has 0 aliphatic heterocycles. The summed E-state index contributed by atoms with van der Waals surface area (Å²) in [7, 11) is 1.64. The zero-order valence-corrected chi connectivity index (χ0v) is 12.4. The van der Waals surface area contributed by atoms with Crippen molar-refractivity contribution >= 4 is 22.9 Å². The Morgan fingerprint density at radius 1 is 1.22 bits per heavy atom. The van der Waals surface area contributed by atoms with Gasteiger partial charge in [0.2, 0.25) is 0 Å². The van der Waals surface area contributed by atoms with Gasteiger partial charge in [0.05, 0.1) is 23.1 Å². The first kappa shape index (κ1) is 14.7. The molecule has 0 saturated carbocycles. The maximum atomic E-state index is 12.3. The van der Waals surface area contributed by atoms with Crippen LogP contribution in [0.25, 0.3) is 11.0 Å². The van der Waals surface area contributed by atoms with Gasteiger partial charge in [-0.2, -0.15) is 0 Å². The largest absolute Gasteiger partial charge is 0.478 e. The molecule has 2 heterocycles. The number of carbonyl (C=O) groups is 2. The summed E-state index contributed by atoms with van der Waals surface area (Å²) in [6, 6.07) is 10.4. The summed E-state index contributed by atoms with van der Waals surface area (Å²) >= 11 is 0. The van der Waals surface area contributed by atoms with Crippen LogP contribution in [0.2, 0.25) is 0 Å². The summed E-state index contributed by atoms with van der Waals surface area (Å²) in [5.41, 5.74) is 1.98. The van der Waals surface area contributed by atoms with Gasteiger partial charge in [0.1, 0.15) is 11.5 Å². The van der Waals surface area contributed by atoms with Crippen LogP contribution in [-0.2, 0) is 6.54 Å². The highest BCUT2D eigenvalue weighted by Gasteiger charge is 2.16. The smallest absolute Gasteiger partial charge is 0.337 e. The molecule has 7 heteroatoms. The number of fused-ring (bicyclic) bond motifs is 1. The summed E-state index contributed by atoms with van der Waals surface area (Å²) in [6.45, 7) is 0.301. The second kappa shape index (κ2) is 5.88. The zero-order chi connectivity index (χ0) is 16.4. The van der Waals surface area contributed by atoms with E-state index >= 15 is 0 Å². The third kappa shape index (κ3) is 3.03. The average molecular weight is 310 g/mol. The van der Waals surface area contributed by atoms with E-state index in [0.29, 0.717) is 12.4 Å². The van der Waals surface area contributed by atoms with Crippen LogP contribution in [0.1, 0.15) is 26.7 Å². The molecule has 7 nitrogen and oxygen atoms in total.